The predicted octanol–water partition coefficient (Wildman–Crippen LogP) is 2.37. The van der Waals surface area contributed by atoms with Crippen LogP contribution in [0.4, 0.5) is 0 Å². The van der Waals surface area contributed by atoms with Gasteiger partial charge in [0, 0.05) is 49.0 Å². The molecule has 0 radical (unpaired) electrons. The van der Waals surface area contributed by atoms with Gasteiger partial charge in [0.05, 0.1) is 31.5 Å². The molecule has 0 bridgehead atoms. The number of aliphatic hydroxyl groups excluding tert-OH is 1. The third-order valence-electron chi connectivity index (χ3n) is 4.19. The summed E-state index contributed by atoms with van der Waals surface area (Å²) in [7, 11) is 0. The van der Waals surface area contributed by atoms with E-state index in [1.807, 2.05) is 32.1 Å². The number of nitrogens with zero attached hydrogens (tertiary/aromatic N) is 2. The smallest absolute Gasteiger partial charge is 0.0900 e. The number of aliphatic hydroxyl groups is 1. The molecule has 1 fully saturated rings. The molecular formula is C19H34N2O3S. The number of ether oxygens (including phenoxy) is 2. The van der Waals surface area contributed by atoms with E-state index in [2.05, 4.69) is 28.9 Å². The van der Waals surface area contributed by atoms with Crippen molar-refractivity contribution in [1.29, 1.82) is 0 Å². The van der Waals surface area contributed by atoms with Crippen molar-refractivity contribution in [3.05, 3.63) is 21.9 Å². The molecule has 0 amide bonds. The van der Waals surface area contributed by atoms with Crippen molar-refractivity contribution in [2.24, 2.45) is 0 Å². The van der Waals surface area contributed by atoms with Crippen LogP contribution in [0.25, 0.3) is 0 Å². The number of hydrogen-bond acceptors (Lipinski definition) is 6. The van der Waals surface area contributed by atoms with Crippen molar-refractivity contribution >= 4 is 11.3 Å². The Bertz CT molecular complexity index is 495. The molecule has 5 nitrogen and oxygen atoms in total. The molecule has 1 aliphatic rings. The first kappa shape index (κ1) is 20.8. The van der Waals surface area contributed by atoms with Crippen molar-refractivity contribution in [2.75, 3.05) is 52.5 Å². The Balaban J connectivity index is 1.86. The van der Waals surface area contributed by atoms with Crippen LogP contribution in [0, 0.1) is 6.92 Å². The number of hydrogen-bond donors (Lipinski definition) is 1. The first-order chi connectivity index (χ1) is 11.8. The lowest BCUT2D eigenvalue weighted by molar-refractivity contribution is -0.0574. The third-order valence-corrected chi connectivity index (χ3v) is 5.17. The summed E-state index contributed by atoms with van der Waals surface area (Å²) < 4.78 is 11.2. The van der Waals surface area contributed by atoms with E-state index in [1.165, 1.54) is 9.75 Å². The fourth-order valence-corrected chi connectivity index (χ4v) is 3.76. The van der Waals surface area contributed by atoms with Crippen molar-refractivity contribution in [3.8, 4) is 0 Å². The number of aryl methyl sites for hydroxylation is 1. The summed E-state index contributed by atoms with van der Waals surface area (Å²) in [5, 5.41) is 10.4. The van der Waals surface area contributed by atoms with Crippen LogP contribution in [0.1, 0.15) is 30.5 Å². The van der Waals surface area contributed by atoms with Gasteiger partial charge in [-0.15, -0.1) is 11.3 Å². The van der Waals surface area contributed by atoms with Gasteiger partial charge in [-0.05, 0) is 39.8 Å². The Labute approximate surface area is 156 Å². The molecule has 1 aromatic rings. The molecule has 144 valence electrons. The van der Waals surface area contributed by atoms with Crippen LogP contribution >= 0.6 is 11.3 Å². The minimum atomic E-state index is -0.468. The molecule has 0 spiro atoms. The van der Waals surface area contributed by atoms with Gasteiger partial charge in [0.15, 0.2) is 0 Å². The molecule has 1 aromatic heterocycles. The van der Waals surface area contributed by atoms with Gasteiger partial charge < -0.3 is 14.6 Å². The first-order valence-electron chi connectivity index (χ1n) is 9.21. The van der Waals surface area contributed by atoms with E-state index in [1.54, 1.807) is 0 Å². The van der Waals surface area contributed by atoms with E-state index in [9.17, 15) is 5.11 Å². The molecule has 0 aromatic carbocycles. The zero-order valence-corrected chi connectivity index (χ0v) is 17.0. The molecule has 0 aliphatic carbocycles. The SMILES string of the molecule is Cc1ccc(CN(CCN2CCOCC2)C[C@@H](O)COC(C)(C)C)s1. The fraction of sp³-hybridized carbons (Fsp3) is 0.789. The summed E-state index contributed by atoms with van der Waals surface area (Å²) in [5.41, 5.74) is -0.218. The van der Waals surface area contributed by atoms with Crippen molar-refractivity contribution in [1.82, 2.24) is 9.80 Å². The van der Waals surface area contributed by atoms with Crippen LogP contribution in [-0.4, -0.2) is 79.2 Å². The monoisotopic (exact) mass is 370 g/mol. The average Bonchev–Trinajstić information content (AvgIpc) is 2.96. The highest BCUT2D eigenvalue weighted by Gasteiger charge is 2.18. The minimum Gasteiger partial charge on any atom is -0.389 e. The maximum absolute atomic E-state index is 10.4. The molecule has 25 heavy (non-hydrogen) atoms. The molecule has 1 N–H and O–H groups in total. The fourth-order valence-electron chi connectivity index (χ4n) is 2.83. The Kier molecular flexibility index (Phi) is 8.32. The molecule has 0 unspecified atom stereocenters. The Hall–Kier alpha value is -0.500. The van der Waals surface area contributed by atoms with E-state index < -0.39 is 6.10 Å². The maximum Gasteiger partial charge on any atom is 0.0900 e. The quantitative estimate of drug-likeness (QED) is 0.723. The number of morpholine rings is 1. The highest BCUT2D eigenvalue weighted by atomic mass is 32.1. The lowest BCUT2D eigenvalue weighted by atomic mass is 10.2. The van der Waals surface area contributed by atoms with Crippen LogP contribution in [0.15, 0.2) is 12.1 Å². The van der Waals surface area contributed by atoms with E-state index >= 15 is 0 Å². The Morgan fingerprint density at radius 1 is 1.32 bits per heavy atom. The van der Waals surface area contributed by atoms with E-state index in [0.29, 0.717) is 13.2 Å². The normalized spacial score (nSPS) is 18.0. The second-order valence-electron chi connectivity index (χ2n) is 7.78. The lowest BCUT2D eigenvalue weighted by Gasteiger charge is -2.31. The maximum atomic E-state index is 10.4. The van der Waals surface area contributed by atoms with Gasteiger partial charge in [0.25, 0.3) is 0 Å². The van der Waals surface area contributed by atoms with Crippen molar-refractivity contribution in [2.45, 2.75) is 45.9 Å². The molecule has 0 saturated carbocycles. The van der Waals surface area contributed by atoms with E-state index in [-0.39, 0.29) is 5.60 Å². The average molecular weight is 371 g/mol. The molecule has 2 rings (SSSR count). The topological polar surface area (TPSA) is 45.2 Å². The van der Waals surface area contributed by atoms with Crippen LogP contribution in [0.5, 0.6) is 0 Å². The van der Waals surface area contributed by atoms with Crippen LogP contribution in [0.3, 0.4) is 0 Å². The summed E-state index contributed by atoms with van der Waals surface area (Å²) >= 11 is 1.83. The molecule has 2 heterocycles. The van der Waals surface area contributed by atoms with Gasteiger partial charge in [0.1, 0.15) is 0 Å². The van der Waals surface area contributed by atoms with Gasteiger partial charge in [-0.3, -0.25) is 9.80 Å². The van der Waals surface area contributed by atoms with Gasteiger partial charge in [-0.1, -0.05) is 0 Å². The predicted molar refractivity (Wildman–Crippen MR) is 103 cm³/mol. The standard InChI is InChI=1S/C19H34N2O3S/c1-16-5-6-18(25-16)14-21(8-7-20-9-11-23-12-10-20)13-17(22)15-24-19(2,3)4/h5-6,17,22H,7-15H2,1-4H3/t17-/m1/s1. The summed E-state index contributed by atoms with van der Waals surface area (Å²) in [5.74, 6) is 0. The van der Waals surface area contributed by atoms with Gasteiger partial charge in [-0.2, -0.15) is 0 Å². The molecule has 1 atom stereocenters. The summed E-state index contributed by atoms with van der Waals surface area (Å²) in [6, 6.07) is 4.36. The summed E-state index contributed by atoms with van der Waals surface area (Å²) in [4.78, 5) is 7.47. The van der Waals surface area contributed by atoms with Crippen LogP contribution in [-0.2, 0) is 16.0 Å². The lowest BCUT2D eigenvalue weighted by Crippen LogP contribution is -2.43. The first-order valence-corrected chi connectivity index (χ1v) is 10.0. The van der Waals surface area contributed by atoms with Crippen LogP contribution in [0.2, 0.25) is 0 Å². The molecular weight excluding hydrogens is 336 g/mol. The largest absolute Gasteiger partial charge is 0.389 e. The van der Waals surface area contributed by atoms with E-state index in [0.717, 1.165) is 45.9 Å². The van der Waals surface area contributed by atoms with Crippen LogP contribution < -0.4 is 0 Å². The molecule has 1 saturated heterocycles. The molecule has 6 heteroatoms. The second-order valence-corrected chi connectivity index (χ2v) is 9.15. The highest BCUT2D eigenvalue weighted by Crippen LogP contribution is 2.17. The Morgan fingerprint density at radius 3 is 2.64 bits per heavy atom. The zero-order valence-electron chi connectivity index (χ0n) is 16.2. The van der Waals surface area contributed by atoms with Gasteiger partial charge in [-0.25, -0.2) is 0 Å². The Morgan fingerprint density at radius 2 is 2.04 bits per heavy atom. The highest BCUT2D eigenvalue weighted by molar-refractivity contribution is 7.11. The summed E-state index contributed by atoms with van der Waals surface area (Å²) in [6.07, 6.45) is -0.468. The third kappa shape index (κ3) is 8.62. The van der Waals surface area contributed by atoms with Crippen molar-refractivity contribution in [3.63, 3.8) is 0 Å². The van der Waals surface area contributed by atoms with Gasteiger partial charge >= 0.3 is 0 Å². The molecule has 1 aliphatic heterocycles. The zero-order chi connectivity index (χ0) is 18.3. The number of rotatable bonds is 9. The number of thiophene rings is 1. The van der Waals surface area contributed by atoms with Gasteiger partial charge in [0.2, 0.25) is 0 Å². The van der Waals surface area contributed by atoms with Crippen molar-refractivity contribution < 1.29 is 14.6 Å². The van der Waals surface area contributed by atoms with E-state index in [4.69, 9.17) is 9.47 Å². The minimum absolute atomic E-state index is 0.218. The summed E-state index contributed by atoms with van der Waals surface area (Å²) in [6.45, 7) is 15.7. The second kappa shape index (κ2) is 10.00.